The summed E-state index contributed by atoms with van der Waals surface area (Å²) in [5.41, 5.74) is 0.957. The molecule has 1 aliphatic heterocycles. The molecular weight excluding hydrogens is 342 g/mol. The van der Waals surface area contributed by atoms with Gasteiger partial charge in [0.25, 0.3) is 0 Å². The van der Waals surface area contributed by atoms with Crippen LogP contribution in [0.5, 0.6) is 5.75 Å². The molecule has 2 aliphatic rings. The maximum Gasteiger partial charge on any atom is 0.333 e. The molecule has 8 heteroatoms. The molecule has 0 bridgehead atoms. The van der Waals surface area contributed by atoms with Crippen LogP contribution in [-0.4, -0.2) is 31.4 Å². The van der Waals surface area contributed by atoms with Crippen molar-refractivity contribution >= 4 is 21.9 Å². The van der Waals surface area contributed by atoms with E-state index in [-0.39, 0.29) is 12.6 Å². The second kappa shape index (κ2) is 6.57. The number of ether oxygens (including phenoxy) is 2. The maximum absolute atomic E-state index is 10.8. The number of rotatable bonds is 4. The van der Waals surface area contributed by atoms with Gasteiger partial charge in [-0.2, -0.15) is 13.1 Å². The molecule has 1 aliphatic carbocycles. The van der Waals surface area contributed by atoms with Crippen molar-refractivity contribution in [2.45, 2.75) is 50.4 Å². The zero-order valence-electron chi connectivity index (χ0n) is 12.6. The Kier molecular flexibility index (Phi) is 4.85. The summed E-state index contributed by atoms with van der Waals surface area (Å²) in [6, 6.07) is 5.61. The van der Waals surface area contributed by atoms with Gasteiger partial charge in [0.1, 0.15) is 5.75 Å². The van der Waals surface area contributed by atoms with E-state index in [9.17, 15) is 8.42 Å². The molecular formula is C15H20ClNO5S. The first-order valence-corrected chi connectivity index (χ1v) is 9.55. The fraction of sp³-hybridized carbons (Fsp3) is 0.600. The Labute approximate surface area is 141 Å². The van der Waals surface area contributed by atoms with Crippen LogP contribution in [0.15, 0.2) is 18.2 Å². The minimum Gasteiger partial charge on any atom is -0.461 e. The zero-order chi connectivity index (χ0) is 16.5. The van der Waals surface area contributed by atoms with Crippen molar-refractivity contribution < 1.29 is 22.4 Å². The first kappa shape index (κ1) is 17.0. The monoisotopic (exact) mass is 361 g/mol. The normalized spacial score (nSPS) is 23.3. The average Bonchev–Trinajstić information content (AvgIpc) is 2.82. The summed E-state index contributed by atoms with van der Waals surface area (Å²) >= 11 is 6.28. The summed E-state index contributed by atoms with van der Waals surface area (Å²) in [6.45, 7) is 0.107. The van der Waals surface area contributed by atoms with Crippen LogP contribution in [0.1, 0.15) is 37.7 Å². The van der Waals surface area contributed by atoms with Crippen molar-refractivity contribution in [1.29, 1.82) is 0 Å². The van der Waals surface area contributed by atoms with E-state index in [2.05, 4.69) is 4.72 Å². The van der Waals surface area contributed by atoms with Gasteiger partial charge in [0, 0.05) is 25.8 Å². The Bertz CT molecular complexity index is 672. The Balaban J connectivity index is 1.81. The molecule has 1 atom stereocenters. The Morgan fingerprint density at radius 3 is 2.78 bits per heavy atom. The van der Waals surface area contributed by atoms with Crippen LogP contribution in [0.25, 0.3) is 0 Å². The second-order valence-corrected chi connectivity index (χ2v) is 7.70. The molecule has 1 fully saturated rings. The molecule has 2 N–H and O–H groups in total. The lowest BCUT2D eigenvalue weighted by atomic mass is 10.0. The largest absolute Gasteiger partial charge is 0.461 e. The SMILES string of the molecule is O=S(=O)(O)NCCC1Cc2cccc(Cl)c2OC2(CCCC2)O1. The quantitative estimate of drug-likeness (QED) is 0.805. The minimum absolute atomic E-state index is 0.107. The van der Waals surface area contributed by atoms with Crippen LogP contribution in [0.2, 0.25) is 5.02 Å². The van der Waals surface area contributed by atoms with Gasteiger partial charge in [-0.25, -0.2) is 0 Å². The van der Waals surface area contributed by atoms with Gasteiger partial charge < -0.3 is 9.47 Å². The van der Waals surface area contributed by atoms with Gasteiger partial charge in [0.2, 0.25) is 5.79 Å². The van der Waals surface area contributed by atoms with Crippen molar-refractivity contribution in [3.05, 3.63) is 28.8 Å². The van der Waals surface area contributed by atoms with Crippen molar-refractivity contribution in [3.63, 3.8) is 0 Å². The van der Waals surface area contributed by atoms with Gasteiger partial charge in [-0.3, -0.25) is 4.55 Å². The third kappa shape index (κ3) is 4.16. The Morgan fingerprint density at radius 1 is 1.35 bits per heavy atom. The minimum atomic E-state index is -4.19. The molecule has 1 spiro atoms. The molecule has 1 aromatic rings. The van der Waals surface area contributed by atoms with E-state index >= 15 is 0 Å². The highest BCUT2D eigenvalue weighted by Gasteiger charge is 2.42. The molecule has 128 valence electrons. The van der Waals surface area contributed by atoms with Crippen molar-refractivity contribution in [1.82, 2.24) is 4.72 Å². The molecule has 3 rings (SSSR count). The Morgan fingerprint density at radius 2 is 2.09 bits per heavy atom. The van der Waals surface area contributed by atoms with Gasteiger partial charge >= 0.3 is 10.3 Å². The van der Waals surface area contributed by atoms with Crippen molar-refractivity contribution in [3.8, 4) is 5.75 Å². The van der Waals surface area contributed by atoms with Crippen LogP contribution in [0.4, 0.5) is 0 Å². The highest BCUT2D eigenvalue weighted by atomic mass is 35.5. The molecule has 0 radical (unpaired) electrons. The van der Waals surface area contributed by atoms with E-state index in [1.165, 1.54) is 0 Å². The summed E-state index contributed by atoms with van der Waals surface area (Å²) in [4.78, 5) is 0. The smallest absolute Gasteiger partial charge is 0.333 e. The molecule has 0 saturated heterocycles. The number of hydrogen-bond donors (Lipinski definition) is 2. The van der Waals surface area contributed by atoms with Gasteiger partial charge in [0.05, 0.1) is 11.1 Å². The third-order valence-electron chi connectivity index (χ3n) is 4.28. The summed E-state index contributed by atoms with van der Waals surface area (Å²) in [5, 5.41) is 0.564. The van der Waals surface area contributed by atoms with Crippen molar-refractivity contribution in [2.75, 3.05) is 6.54 Å². The molecule has 1 unspecified atom stereocenters. The number of nitrogens with one attached hydrogen (secondary N) is 1. The zero-order valence-corrected chi connectivity index (χ0v) is 14.2. The number of halogens is 1. The highest BCUT2D eigenvalue weighted by Crippen LogP contribution is 2.43. The first-order chi connectivity index (χ1) is 10.9. The molecule has 6 nitrogen and oxygen atoms in total. The first-order valence-electron chi connectivity index (χ1n) is 7.73. The molecule has 0 amide bonds. The third-order valence-corrected chi connectivity index (χ3v) is 5.15. The number of para-hydroxylation sites is 1. The van der Waals surface area contributed by atoms with Gasteiger partial charge in [-0.05, 0) is 30.9 Å². The predicted molar refractivity (Wildman–Crippen MR) is 86.0 cm³/mol. The van der Waals surface area contributed by atoms with E-state index in [1.54, 1.807) is 6.07 Å². The molecule has 1 aromatic carbocycles. The predicted octanol–water partition coefficient (Wildman–Crippen LogP) is 2.71. The number of hydrogen-bond acceptors (Lipinski definition) is 4. The van der Waals surface area contributed by atoms with Gasteiger partial charge in [0.15, 0.2) is 0 Å². The number of fused-ring (bicyclic) bond motifs is 1. The Hall–Kier alpha value is -0.860. The fourth-order valence-corrected chi connectivity index (χ4v) is 3.88. The lowest BCUT2D eigenvalue weighted by Crippen LogP contribution is -2.40. The summed E-state index contributed by atoms with van der Waals surface area (Å²) in [7, 11) is -4.19. The van der Waals surface area contributed by atoms with E-state index in [0.717, 1.165) is 31.2 Å². The maximum atomic E-state index is 10.8. The van der Waals surface area contributed by atoms with Crippen LogP contribution < -0.4 is 9.46 Å². The van der Waals surface area contributed by atoms with Crippen LogP contribution in [0.3, 0.4) is 0 Å². The second-order valence-electron chi connectivity index (χ2n) is 6.05. The van der Waals surface area contributed by atoms with E-state index in [0.29, 0.717) is 23.6 Å². The molecule has 1 saturated carbocycles. The van der Waals surface area contributed by atoms with Crippen LogP contribution in [-0.2, 0) is 21.5 Å². The summed E-state index contributed by atoms with van der Waals surface area (Å²) in [5.74, 6) is -0.0137. The summed E-state index contributed by atoms with van der Waals surface area (Å²) in [6.07, 6.45) is 4.45. The number of benzene rings is 1. The van der Waals surface area contributed by atoms with Crippen LogP contribution >= 0.6 is 11.6 Å². The van der Waals surface area contributed by atoms with E-state index in [4.69, 9.17) is 25.6 Å². The summed E-state index contributed by atoms with van der Waals surface area (Å²) < 4.78 is 44.8. The molecule has 0 aromatic heterocycles. The van der Waals surface area contributed by atoms with Gasteiger partial charge in [-0.15, -0.1) is 0 Å². The van der Waals surface area contributed by atoms with Crippen molar-refractivity contribution in [2.24, 2.45) is 0 Å². The van der Waals surface area contributed by atoms with E-state index in [1.807, 2.05) is 12.1 Å². The van der Waals surface area contributed by atoms with Crippen LogP contribution in [0, 0.1) is 0 Å². The molecule has 1 heterocycles. The standard InChI is InChI=1S/C15H20ClNO5S/c16-13-5-3-4-11-10-12(6-9-17-23(18,19)20)21-15(22-14(11)13)7-1-2-8-15/h3-5,12,17H,1-2,6-10H2,(H,18,19,20). The lowest BCUT2D eigenvalue weighted by molar-refractivity contribution is -0.201. The molecule has 23 heavy (non-hydrogen) atoms. The average molecular weight is 362 g/mol. The van der Waals surface area contributed by atoms with E-state index < -0.39 is 16.1 Å². The topological polar surface area (TPSA) is 84.9 Å². The van der Waals surface area contributed by atoms with Gasteiger partial charge in [-0.1, -0.05) is 23.7 Å². The fourth-order valence-electron chi connectivity index (χ4n) is 3.27. The lowest BCUT2D eigenvalue weighted by Gasteiger charge is -2.31. The highest BCUT2D eigenvalue weighted by molar-refractivity contribution is 7.83.